The summed E-state index contributed by atoms with van der Waals surface area (Å²) in [6, 6.07) is 5.68. The summed E-state index contributed by atoms with van der Waals surface area (Å²) < 4.78 is 5.66. The van der Waals surface area contributed by atoms with E-state index in [9.17, 15) is 4.79 Å². The molecular weight excluding hydrogens is 379 g/mol. The lowest BCUT2D eigenvalue weighted by Gasteiger charge is -2.33. The summed E-state index contributed by atoms with van der Waals surface area (Å²) in [5.41, 5.74) is 1.12. The van der Waals surface area contributed by atoms with Crippen LogP contribution in [0.15, 0.2) is 18.2 Å². The third-order valence-corrected chi connectivity index (χ3v) is 4.51. The summed E-state index contributed by atoms with van der Waals surface area (Å²) in [5.74, 6) is -0.0276. The van der Waals surface area contributed by atoms with Crippen molar-refractivity contribution in [3.63, 3.8) is 0 Å². The highest BCUT2D eigenvalue weighted by Crippen LogP contribution is 2.23. The Kier molecular flexibility index (Phi) is 6.76. The number of benzene rings is 1. The molecule has 0 aromatic heterocycles. The number of nitrogens with zero attached hydrogens (tertiary/aromatic N) is 1. The van der Waals surface area contributed by atoms with Crippen molar-refractivity contribution in [2.24, 2.45) is 0 Å². The van der Waals surface area contributed by atoms with Gasteiger partial charge in [0.15, 0.2) is 0 Å². The number of amides is 1. The maximum Gasteiger partial charge on any atom is 0.230 e. The van der Waals surface area contributed by atoms with Crippen LogP contribution in [0, 0.1) is 0 Å². The zero-order valence-corrected chi connectivity index (χ0v) is 14.5. The molecule has 0 radical (unpaired) electrons. The smallest absolute Gasteiger partial charge is 0.230 e. The van der Waals surface area contributed by atoms with Gasteiger partial charge in [0.05, 0.1) is 28.1 Å². The van der Waals surface area contributed by atoms with Gasteiger partial charge in [0.25, 0.3) is 0 Å². The first-order valence-corrected chi connectivity index (χ1v) is 8.56. The number of halogens is 3. The fourth-order valence-electron chi connectivity index (χ4n) is 2.22. The molecule has 2 rings (SSSR count). The summed E-state index contributed by atoms with van der Waals surface area (Å²) in [6.45, 7) is 3.63. The number of rotatable bonds is 5. The number of ether oxygens (including phenoxy) is 1. The van der Waals surface area contributed by atoms with Gasteiger partial charge in [0, 0.05) is 26.2 Å². The van der Waals surface area contributed by atoms with Crippen LogP contribution >= 0.6 is 39.1 Å². The Morgan fingerprint density at radius 2 is 2.24 bits per heavy atom. The van der Waals surface area contributed by atoms with Gasteiger partial charge in [-0.15, -0.1) is 0 Å². The Bertz CT molecular complexity index is 502. The quantitative estimate of drug-likeness (QED) is 0.779. The zero-order chi connectivity index (χ0) is 15.2. The van der Waals surface area contributed by atoms with E-state index >= 15 is 0 Å². The lowest BCUT2D eigenvalue weighted by atomic mass is 10.2. The SMILES string of the molecule is O=C(CBr)NC[C@H]1CN(Cc2ccc(Cl)c(Cl)c2)CCO1. The monoisotopic (exact) mass is 394 g/mol. The molecule has 0 unspecified atom stereocenters. The van der Waals surface area contributed by atoms with Crippen molar-refractivity contribution in [3.05, 3.63) is 33.8 Å². The van der Waals surface area contributed by atoms with Gasteiger partial charge in [-0.25, -0.2) is 0 Å². The summed E-state index contributed by atoms with van der Waals surface area (Å²) in [5, 5.41) is 4.28. The molecule has 1 aromatic rings. The zero-order valence-electron chi connectivity index (χ0n) is 11.4. The molecule has 21 heavy (non-hydrogen) atoms. The van der Waals surface area contributed by atoms with E-state index < -0.39 is 0 Å². The summed E-state index contributed by atoms with van der Waals surface area (Å²) >= 11 is 15.1. The molecule has 0 aliphatic carbocycles. The van der Waals surface area contributed by atoms with Crippen molar-refractivity contribution >= 4 is 45.0 Å². The molecule has 1 aliphatic heterocycles. The van der Waals surface area contributed by atoms with Gasteiger partial charge in [-0.2, -0.15) is 0 Å². The van der Waals surface area contributed by atoms with Crippen LogP contribution in [-0.2, 0) is 16.1 Å². The highest BCUT2D eigenvalue weighted by Gasteiger charge is 2.21. The van der Waals surface area contributed by atoms with E-state index in [0.29, 0.717) is 28.5 Å². The van der Waals surface area contributed by atoms with Gasteiger partial charge < -0.3 is 10.1 Å². The number of morpholine rings is 1. The molecular formula is C14H17BrCl2N2O2. The second kappa shape index (κ2) is 8.34. The van der Waals surface area contributed by atoms with Crippen LogP contribution in [0.3, 0.4) is 0 Å². The second-order valence-corrected chi connectivity index (χ2v) is 6.29. The Labute approximate surface area is 142 Å². The van der Waals surface area contributed by atoms with Crippen molar-refractivity contribution in [2.75, 3.05) is 31.6 Å². The first kappa shape index (κ1) is 17.0. The van der Waals surface area contributed by atoms with Crippen molar-refractivity contribution in [2.45, 2.75) is 12.6 Å². The van der Waals surface area contributed by atoms with Crippen molar-refractivity contribution in [1.82, 2.24) is 10.2 Å². The van der Waals surface area contributed by atoms with E-state index in [1.807, 2.05) is 18.2 Å². The van der Waals surface area contributed by atoms with Crippen LogP contribution in [0.4, 0.5) is 0 Å². The van der Waals surface area contributed by atoms with Crippen LogP contribution in [0.2, 0.25) is 10.0 Å². The normalized spacial score (nSPS) is 19.5. The maximum atomic E-state index is 11.2. The van der Waals surface area contributed by atoms with Gasteiger partial charge in [-0.05, 0) is 17.7 Å². The number of alkyl halides is 1. The molecule has 0 spiro atoms. The van der Waals surface area contributed by atoms with E-state index in [-0.39, 0.29) is 12.0 Å². The molecule has 1 aliphatic rings. The lowest BCUT2D eigenvalue weighted by Crippen LogP contribution is -2.47. The highest BCUT2D eigenvalue weighted by molar-refractivity contribution is 9.09. The highest BCUT2D eigenvalue weighted by atomic mass is 79.9. The van der Waals surface area contributed by atoms with E-state index in [1.165, 1.54) is 0 Å². The summed E-state index contributed by atoms with van der Waals surface area (Å²) in [6.07, 6.45) is 0.0181. The molecule has 4 nitrogen and oxygen atoms in total. The van der Waals surface area contributed by atoms with Crippen LogP contribution in [0.25, 0.3) is 0 Å². The van der Waals surface area contributed by atoms with Crippen molar-refractivity contribution in [1.29, 1.82) is 0 Å². The molecule has 1 atom stereocenters. The molecule has 116 valence electrons. The van der Waals surface area contributed by atoms with Crippen LogP contribution in [-0.4, -0.2) is 48.5 Å². The van der Waals surface area contributed by atoms with Crippen LogP contribution in [0.5, 0.6) is 0 Å². The molecule has 1 fully saturated rings. The molecule has 1 aromatic carbocycles. The molecule has 0 bridgehead atoms. The molecule has 1 saturated heterocycles. The Balaban J connectivity index is 1.85. The lowest BCUT2D eigenvalue weighted by molar-refractivity contribution is -0.119. The van der Waals surface area contributed by atoms with Crippen molar-refractivity contribution in [3.8, 4) is 0 Å². The van der Waals surface area contributed by atoms with Gasteiger partial charge in [-0.1, -0.05) is 45.2 Å². The van der Waals surface area contributed by atoms with E-state index in [4.69, 9.17) is 27.9 Å². The van der Waals surface area contributed by atoms with Gasteiger partial charge in [0.1, 0.15) is 0 Å². The van der Waals surface area contributed by atoms with Gasteiger partial charge >= 0.3 is 0 Å². The molecule has 1 N–H and O–H groups in total. The fourth-order valence-corrected chi connectivity index (χ4v) is 2.74. The number of hydrogen-bond donors (Lipinski definition) is 1. The van der Waals surface area contributed by atoms with Gasteiger partial charge in [-0.3, -0.25) is 9.69 Å². The van der Waals surface area contributed by atoms with E-state index in [1.54, 1.807) is 0 Å². The average molecular weight is 396 g/mol. The minimum Gasteiger partial charge on any atom is -0.374 e. The van der Waals surface area contributed by atoms with Gasteiger partial charge in [0.2, 0.25) is 5.91 Å². The number of hydrogen-bond acceptors (Lipinski definition) is 3. The van der Waals surface area contributed by atoms with Crippen LogP contribution < -0.4 is 5.32 Å². The topological polar surface area (TPSA) is 41.6 Å². The standard InChI is InChI=1S/C14H17BrCl2N2O2/c15-6-14(20)18-7-11-9-19(3-4-21-11)8-10-1-2-12(16)13(17)5-10/h1-2,5,11H,3-4,6-9H2,(H,18,20)/t11-/m0/s1. The predicted molar refractivity (Wildman–Crippen MR) is 88.3 cm³/mol. The van der Waals surface area contributed by atoms with Crippen molar-refractivity contribution < 1.29 is 9.53 Å². The molecule has 7 heteroatoms. The second-order valence-electron chi connectivity index (χ2n) is 4.91. The number of carbonyl (C=O) groups is 1. The Morgan fingerprint density at radius 3 is 2.95 bits per heavy atom. The average Bonchev–Trinajstić information content (AvgIpc) is 2.49. The maximum absolute atomic E-state index is 11.2. The largest absolute Gasteiger partial charge is 0.374 e. The van der Waals surface area contributed by atoms with Crippen LogP contribution in [0.1, 0.15) is 5.56 Å². The molecule has 0 saturated carbocycles. The minimum absolute atomic E-state index is 0.0181. The number of carbonyl (C=O) groups excluding carboxylic acids is 1. The fraction of sp³-hybridized carbons (Fsp3) is 0.500. The third kappa shape index (κ3) is 5.42. The number of nitrogens with one attached hydrogen (secondary N) is 1. The minimum atomic E-state index is -0.0276. The Morgan fingerprint density at radius 1 is 1.43 bits per heavy atom. The van der Waals surface area contributed by atoms with E-state index in [0.717, 1.165) is 25.2 Å². The Hall–Kier alpha value is -0.330. The first-order chi connectivity index (χ1) is 10.1. The third-order valence-electron chi connectivity index (χ3n) is 3.26. The molecule has 1 amide bonds. The summed E-state index contributed by atoms with van der Waals surface area (Å²) in [7, 11) is 0. The van der Waals surface area contributed by atoms with E-state index in [2.05, 4.69) is 26.1 Å². The summed E-state index contributed by atoms with van der Waals surface area (Å²) in [4.78, 5) is 13.5. The predicted octanol–water partition coefficient (Wildman–Crippen LogP) is 2.71. The first-order valence-electron chi connectivity index (χ1n) is 6.69. The molecule has 1 heterocycles.